The highest BCUT2D eigenvalue weighted by Gasteiger charge is 2.25. The van der Waals surface area contributed by atoms with E-state index in [1.165, 1.54) is 17.0 Å². The second kappa shape index (κ2) is 7.02. The van der Waals surface area contributed by atoms with Crippen molar-refractivity contribution in [3.8, 4) is 5.69 Å². The summed E-state index contributed by atoms with van der Waals surface area (Å²) in [6.07, 6.45) is 4.76. The van der Waals surface area contributed by atoms with Crippen LogP contribution in [0.4, 0.5) is 21.0 Å². The van der Waals surface area contributed by atoms with Gasteiger partial charge in [-0.3, -0.25) is 4.90 Å². The average Bonchev–Trinajstić information content (AvgIpc) is 3.32. The van der Waals surface area contributed by atoms with Crippen LogP contribution in [0.1, 0.15) is 18.5 Å². The molecule has 27 heavy (non-hydrogen) atoms. The molecule has 3 heterocycles. The van der Waals surface area contributed by atoms with Crippen molar-refractivity contribution in [1.29, 1.82) is 0 Å². The van der Waals surface area contributed by atoms with E-state index in [-0.39, 0.29) is 11.9 Å². The van der Waals surface area contributed by atoms with E-state index in [0.29, 0.717) is 24.9 Å². The number of carbonyl (C=O) groups is 1. The van der Waals surface area contributed by atoms with E-state index in [4.69, 9.17) is 4.74 Å². The van der Waals surface area contributed by atoms with Crippen LogP contribution in [0.2, 0.25) is 0 Å². The van der Waals surface area contributed by atoms with Crippen molar-refractivity contribution >= 4 is 17.9 Å². The fraction of sp³-hybridized carbons (Fsp3) is 0.222. The molecule has 0 aliphatic carbocycles. The van der Waals surface area contributed by atoms with Crippen LogP contribution in [-0.4, -0.2) is 39.0 Å². The van der Waals surface area contributed by atoms with E-state index < -0.39 is 6.09 Å². The molecule has 1 fully saturated rings. The zero-order chi connectivity index (χ0) is 18.8. The van der Waals surface area contributed by atoms with E-state index in [1.54, 1.807) is 35.3 Å². The normalized spacial score (nSPS) is 14.9. The summed E-state index contributed by atoms with van der Waals surface area (Å²) in [5.41, 5.74) is 1.68. The molecular formula is C18H17FN6O2. The quantitative estimate of drug-likeness (QED) is 0.745. The van der Waals surface area contributed by atoms with E-state index in [1.807, 2.05) is 13.1 Å². The number of hydrogen-bond donors (Lipinski definition) is 1. The molecule has 9 heteroatoms. The van der Waals surface area contributed by atoms with Crippen LogP contribution in [0.25, 0.3) is 5.69 Å². The number of halogens is 1. The summed E-state index contributed by atoms with van der Waals surface area (Å²) in [6, 6.07) is 7.63. The highest BCUT2D eigenvalue weighted by Crippen LogP contribution is 2.21. The Morgan fingerprint density at radius 2 is 2.07 bits per heavy atom. The summed E-state index contributed by atoms with van der Waals surface area (Å²) >= 11 is 0. The average molecular weight is 368 g/mol. The standard InChI is InChI=1S/C18H17FN6O2/c1-12(13-10-21-25(11-13)15-4-2-14(19)3-5-15)22-17-20-7-6-16(23-17)24-8-9-27-18(24)26/h2-7,10-12H,8-9H2,1H3,(H,20,22,23). The van der Waals surface area contributed by atoms with Gasteiger partial charge < -0.3 is 10.1 Å². The zero-order valence-electron chi connectivity index (χ0n) is 14.5. The van der Waals surface area contributed by atoms with Crippen molar-refractivity contribution in [2.45, 2.75) is 13.0 Å². The fourth-order valence-electron chi connectivity index (χ4n) is 2.74. The number of anilines is 2. The Morgan fingerprint density at radius 1 is 1.26 bits per heavy atom. The van der Waals surface area contributed by atoms with Crippen LogP contribution in [0.15, 0.2) is 48.9 Å². The highest BCUT2D eigenvalue weighted by molar-refractivity contribution is 5.88. The van der Waals surface area contributed by atoms with E-state index >= 15 is 0 Å². The molecule has 1 saturated heterocycles. The molecular weight excluding hydrogens is 351 g/mol. The van der Waals surface area contributed by atoms with E-state index in [9.17, 15) is 9.18 Å². The smallest absolute Gasteiger partial charge is 0.415 e. The van der Waals surface area contributed by atoms with E-state index in [0.717, 1.165) is 11.3 Å². The first-order valence-electron chi connectivity index (χ1n) is 8.44. The molecule has 1 aliphatic heterocycles. The molecule has 1 N–H and O–H groups in total. The molecule has 0 spiro atoms. The summed E-state index contributed by atoms with van der Waals surface area (Å²) in [5, 5.41) is 7.51. The first kappa shape index (κ1) is 17.0. The number of benzene rings is 1. The number of hydrogen-bond acceptors (Lipinski definition) is 6. The summed E-state index contributed by atoms with van der Waals surface area (Å²) in [5.74, 6) is 0.596. The highest BCUT2D eigenvalue weighted by atomic mass is 19.1. The maximum atomic E-state index is 13.1. The van der Waals surface area contributed by atoms with Gasteiger partial charge >= 0.3 is 6.09 Å². The van der Waals surface area contributed by atoms with Gasteiger partial charge in [-0.2, -0.15) is 10.1 Å². The third-order valence-electron chi connectivity index (χ3n) is 4.22. The van der Waals surface area contributed by atoms with Gasteiger partial charge in [0.05, 0.1) is 24.5 Å². The van der Waals surface area contributed by atoms with Gasteiger partial charge in [-0.25, -0.2) is 18.9 Å². The van der Waals surface area contributed by atoms with Gasteiger partial charge in [-0.05, 0) is 37.3 Å². The van der Waals surface area contributed by atoms with Gasteiger partial charge in [0.15, 0.2) is 0 Å². The summed E-state index contributed by atoms with van der Waals surface area (Å²) in [7, 11) is 0. The monoisotopic (exact) mass is 368 g/mol. The van der Waals surface area contributed by atoms with Crippen molar-refractivity contribution < 1.29 is 13.9 Å². The lowest BCUT2D eigenvalue weighted by Crippen LogP contribution is -2.24. The number of ether oxygens (including phenoxy) is 1. The molecule has 0 saturated carbocycles. The number of nitrogens with zero attached hydrogens (tertiary/aromatic N) is 5. The zero-order valence-corrected chi connectivity index (χ0v) is 14.5. The summed E-state index contributed by atoms with van der Waals surface area (Å²) in [6.45, 7) is 2.77. The van der Waals surface area contributed by atoms with Crippen molar-refractivity contribution in [3.63, 3.8) is 0 Å². The van der Waals surface area contributed by atoms with Crippen molar-refractivity contribution in [2.75, 3.05) is 23.4 Å². The molecule has 0 bridgehead atoms. The molecule has 1 atom stereocenters. The maximum Gasteiger partial charge on any atom is 0.415 e. The third kappa shape index (κ3) is 3.57. The topological polar surface area (TPSA) is 85.2 Å². The van der Waals surface area contributed by atoms with Gasteiger partial charge in [-0.15, -0.1) is 0 Å². The third-order valence-corrected chi connectivity index (χ3v) is 4.22. The predicted molar refractivity (Wildman–Crippen MR) is 96.3 cm³/mol. The number of aromatic nitrogens is 4. The lowest BCUT2D eigenvalue weighted by atomic mass is 10.2. The first-order valence-corrected chi connectivity index (χ1v) is 8.44. The van der Waals surface area contributed by atoms with Crippen molar-refractivity contribution in [1.82, 2.24) is 19.7 Å². The molecule has 1 aliphatic rings. The van der Waals surface area contributed by atoms with Crippen LogP contribution in [-0.2, 0) is 4.74 Å². The lowest BCUT2D eigenvalue weighted by molar-refractivity contribution is 0.181. The van der Waals surface area contributed by atoms with Gasteiger partial charge in [0, 0.05) is 18.0 Å². The molecule has 1 unspecified atom stereocenters. The van der Waals surface area contributed by atoms with Crippen LogP contribution < -0.4 is 10.2 Å². The first-order chi connectivity index (χ1) is 13.1. The maximum absolute atomic E-state index is 13.1. The molecule has 3 aromatic rings. The summed E-state index contributed by atoms with van der Waals surface area (Å²) in [4.78, 5) is 21.7. The molecule has 4 rings (SSSR count). The largest absolute Gasteiger partial charge is 0.447 e. The Kier molecular flexibility index (Phi) is 4.41. The fourth-order valence-corrected chi connectivity index (χ4v) is 2.74. The van der Waals surface area contributed by atoms with Crippen LogP contribution >= 0.6 is 0 Å². The molecule has 0 radical (unpaired) electrons. The van der Waals surface area contributed by atoms with Crippen LogP contribution in [0, 0.1) is 5.82 Å². The minimum absolute atomic E-state index is 0.125. The van der Waals surface area contributed by atoms with Gasteiger partial charge in [0.2, 0.25) is 5.95 Å². The van der Waals surface area contributed by atoms with Gasteiger partial charge in [0.1, 0.15) is 18.2 Å². The number of nitrogens with one attached hydrogen (secondary N) is 1. The Labute approximate surface area is 154 Å². The molecule has 138 valence electrons. The van der Waals surface area contributed by atoms with Crippen LogP contribution in [0.5, 0.6) is 0 Å². The Balaban J connectivity index is 1.49. The number of cyclic esters (lactones) is 1. The molecule has 1 aromatic carbocycles. The minimum Gasteiger partial charge on any atom is -0.447 e. The minimum atomic E-state index is -0.409. The Hall–Kier alpha value is -3.49. The number of amides is 1. The SMILES string of the molecule is CC(Nc1nccc(N2CCOC2=O)n1)c1cnn(-c2ccc(F)cc2)c1. The molecule has 2 aromatic heterocycles. The van der Waals surface area contributed by atoms with Crippen molar-refractivity contribution in [3.05, 3.63) is 60.3 Å². The second-order valence-electron chi connectivity index (χ2n) is 6.07. The van der Waals surface area contributed by atoms with E-state index in [2.05, 4.69) is 20.4 Å². The molecule has 8 nitrogen and oxygen atoms in total. The second-order valence-corrected chi connectivity index (χ2v) is 6.07. The van der Waals surface area contributed by atoms with Crippen molar-refractivity contribution in [2.24, 2.45) is 0 Å². The van der Waals surface area contributed by atoms with Gasteiger partial charge in [0.25, 0.3) is 0 Å². The molecule has 1 amide bonds. The Bertz CT molecular complexity index is 958. The number of carbonyl (C=O) groups excluding carboxylic acids is 1. The summed E-state index contributed by atoms with van der Waals surface area (Å²) < 4.78 is 19.7. The van der Waals surface area contributed by atoms with Crippen LogP contribution in [0.3, 0.4) is 0 Å². The Morgan fingerprint density at radius 3 is 2.81 bits per heavy atom. The predicted octanol–water partition coefficient (Wildman–Crippen LogP) is 2.93. The number of rotatable bonds is 5. The lowest BCUT2D eigenvalue weighted by Gasteiger charge is -2.15. The van der Waals surface area contributed by atoms with Gasteiger partial charge in [-0.1, -0.05) is 0 Å².